The van der Waals surface area contributed by atoms with Crippen LogP contribution in [-0.2, 0) is 5.41 Å². The average Bonchev–Trinajstić information content (AvgIpc) is 2.09. The van der Waals surface area contributed by atoms with E-state index in [4.69, 9.17) is 5.73 Å². The number of hydrogen-bond donors (Lipinski definition) is 1. The lowest BCUT2D eigenvalue weighted by Gasteiger charge is -2.25. The zero-order chi connectivity index (χ0) is 10.8. The van der Waals surface area contributed by atoms with E-state index in [9.17, 15) is 4.39 Å². The van der Waals surface area contributed by atoms with Gasteiger partial charge in [0.1, 0.15) is 5.82 Å². The molecule has 0 radical (unpaired) electrons. The summed E-state index contributed by atoms with van der Waals surface area (Å²) >= 11 is 3.34. The molecular weight excluding hydrogens is 245 g/mol. The molecule has 0 atom stereocenters. The summed E-state index contributed by atoms with van der Waals surface area (Å²) < 4.78 is 14.4. The van der Waals surface area contributed by atoms with Crippen molar-refractivity contribution in [2.45, 2.75) is 25.7 Å². The summed E-state index contributed by atoms with van der Waals surface area (Å²) in [6.07, 6.45) is 0.778. The van der Waals surface area contributed by atoms with Gasteiger partial charge in [-0.2, -0.15) is 0 Å². The van der Waals surface area contributed by atoms with Crippen LogP contribution in [0.4, 0.5) is 4.39 Å². The van der Waals surface area contributed by atoms with E-state index in [1.54, 1.807) is 6.07 Å². The molecule has 3 heteroatoms. The first kappa shape index (κ1) is 11.7. The maximum Gasteiger partial charge on any atom is 0.127 e. The monoisotopic (exact) mass is 259 g/mol. The molecule has 0 aliphatic heterocycles. The third-order valence-corrected chi connectivity index (χ3v) is 2.92. The fourth-order valence-electron chi connectivity index (χ4n) is 1.51. The molecule has 1 nitrogen and oxygen atoms in total. The summed E-state index contributed by atoms with van der Waals surface area (Å²) in [7, 11) is 0. The van der Waals surface area contributed by atoms with Gasteiger partial charge in [0.05, 0.1) is 0 Å². The van der Waals surface area contributed by atoms with Crippen LogP contribution in [0, 0.1) is 5.82 Å². The lowest BCUT2D eigenvalue weighted by Crippen LogP contribution is -2.23. The maximum atomic E-state index is 13.5. The van der Waals surface area contributed by atoms with Crippen LogP contribution in [0.5, 0.6) is 0 Å². The highest BCUT2D eigenvalue weighted by Gasteiger charge is 2.23. The summed E-state index contributed by atoms with van der Waals surface area (Å²) in [5.74, 6) is -0.161. The second-order valence-electron chi connectivity index (χ2n) is 4.05. The molecule has 0 spiro atoms. The number of rotatable bonds is 3. The van der Waals surface area contributed by atoms with Crippen molar-refractivity contribution in [1.82, 2.24) is 0 Å². The van der Waals surface area contributed by atoms with Gasteiger partial charge in [-0.1, -0.05) is 29.8 Å². The van der Waals surface area contributed by atoms with Crippen molar-refractivity contribution in [2.24, 2.45) is 5.73 Å². The molecule has 0 saturated carbocycles. The Labute approximate surface area is 92.6 Å². The first-order valence-corrected chi connectivity index (χ1v) is 5.42. The van der Waals surface area contributed by atoms with E-state index in [2.05, 4.69) is 15.9 Å². The van der Waals surface area contributed by atoms with Crippen LogP contribution in [0.2, 0.25) is 0 Å². The average molecular weight is 260 g/mol. The quantitative estimate of drug-likeness (QED) is 0.887. The summed E-state index contributed by atoms with van der Waals surface area (Å²) in [5, 5.41) is 0. The van der Waals surface area contributed by atoms with Gasteiger partial charge in [0.2, 0.25) is 0 Å². The van der Waals surface area contributed by atoms with Crippen molar-refractivity contribution in [3.05, 3.63) is 34.1 Å². The van der Waals surface area contributed by atoms with E-state index in [-0.39, 0.29) is 11.2 Å². The normalized spacial score (nSPS) is 11.8. The van der Waals surface area contributed by atoms with Gasteiger partial charge in [-0.05, 0) is 42.1 Å². The molecule has 0 aliphatic rings. The van der Waals surface area contributed by atoms with E-state index in [1.807, 2.05) is 19.9 Å². The summed E-state index contributed by atoms with van der Waals surface area (Å²) in [6.45, 7) is 4.58. The molecule has 14 heavy (non-hydrogen) atoms. The number of nitrogens with two attached hydrogens (primary N) is 1. The highest BCUT2D eigenvalue weighted by atomic mass is 79.9. The molecule has 0 amide bonds. The molecule has 0 saturated heterocycles. The predicted octanol–water partition coefficient (Wildman–Crippen LogP) is 3.21. The molecule has 1 rings (SSSR count). The number of halogens is 2. The van der Waals surface area contributed by atoms with Gasteiger partial charge < -0.3 is 5.73 Å². The lowest BCUT2D eigenvalue weighted by atomic mass is 9.81. The Hall–Kier alpha value is -0.410. The van der Waals surface area contributed by atoms with Gasteiger partial charge in [0, 0.05) is 4.47 Å². The SMILES string of the molecule is CC(C)(CCN)c1cc(Br)ccc1F. The van der Waals surface area contributed by atoms with Crippen LogP contribution >= 0.6 is 15.9 Å². The van der Waals surface area contributed by atoms with Gasteiger partial charge in [-0.15, -0.1) is 0 Å². The molecule has 0 fully saturated rings. The van der Waals surface area contributed by atoms with Gasteiger partial charge in [-0.25, -0.2) is 4.39 Å². The Balaban J connectivity index is 3.10. The third kappa shape index (κ3) is 2.55. The molecule has 0 aliphatic carbocycles. The topological polar surface area (TPSA) is 26.0 Å². The molecule has 0 aromatic heterocycles. The predicted molar refractivity (Wildman–Crippen MR) is 60.8 cm³/mol. The van der Waals surface area contributed by atoms with Crippen molar-refractivity contribution in [1.29, 1.82) is 0 Å². The second kappa shape index (κ2) is 4.41. The zero-order valence-electron chi connectivity index (χ0n) is 8.48. The number of benzene rings is 1. The zero-order valence-corrected chi connectivity index (χ0v) is 10.1. The van der Waals surface area contributed by atoms with Crippen molar-refractivity contribution in [3.8, 4) is 0 Å². The minimum atomic E-state index is -0.206. The van der Waals surface area contributed by atoms with Crippen molar-refractivity contribution in [2.75, 3.05) is 6.54 Å². The third-order valence-electron chi connectivity index (χ3n) is 2.43. The molecule has 1 aromatic rings. The van der Waals surface area contributed by atoms with E-state index in [0.29, 0.717) is 6.54 Å². The minimum absolute atomic E-state index is 0.161. The van der Waals surface area contributed by atoms with Gasteiger partial charge in [0.15, 0.2) is 0 Å². The summed E-state index contributed by atoms with van der Waals surface area (Å²) in [4.78, 5) is 0. The van der Waals surface area contributed by atoms with Crippen LogP contribution in [0.25, 0.3) is 0 Å². The van der Waals surface area contributed by atoms with Crippen LogP contribution in [0.15, 0.2) is 22.7 Å². The fraction of sp³-hybridized carbons (Fsp3) is 0.455. The van der Waals surface area contributed by atoms with Gasteiger partial charge in [0.25, 0.3) is 0 Å². The van der Waals surface area contributed by atoms with Crippen LogP contribution in [0.3, 0.4) is 0 Å². The fourth-order valence-corrected chi connectivity index (χ4v) is 1.87. The van der Waals surface area contributed by atoms with E-state index in [0.717, 1.165) is 16.5 Å². The van der Waals surface area contributed by atoms with Crippen LogP contribution < -0.4 is 5.73 Å². The lowest BCUT2D eigenvalue weighted by molar-refractivity contribution is 0.456. The standard InChI is InChI=1S/C11H15BrFN/c1-11(2,5-6-14)9-7-8(12)3-4-10(9)13/h3-4,7H,5-6,14H2,1-2H3. The first-order chi connectivity index (χ1) is 6.47. The Kier molecular flexibility index (Phi) is 3.67. The van der Waals surface area contributed by atoms with Crippen LogP contribution in [0.1, 0.15) is 25.8 Å². The molecule has 78 valence electrons. The maximum absolute atomic E-state index is 13.5. The Bertz CT molecular complexity index is 323. The molecule has 2 N–H and O–H groups in total. The molecule has 1 aromatic carbocycles. The number of hydrogen-bond acceptors (Lipinski definition) is 1. The van der Waals surface area contributed by atoms with Gasteiger partial charge >= 0.3 is 0 Å². The summed E-state index contributed by atoms with van der Waals surface area (Å²) in [6, 6.07) is 5.01. The van der Waals surface area contributed by atoms with Crippen molar-refractivity contribution < 1.29 is 4.39 Å². The Morgan fingerprint density at radius 1 is 1.43 bits per heavy atom. The Morgan fingerprint density at radius 2 is 2.07 bits per heavy atom. The molecule has 0 heterocycles. The molecule has 0 unspecified atom stereocenters. The van der Waals surface area contributed by atoms with E-state index in [1.165, 1.54) is 6.07 Å². The minimum Gasteiger partial charge on any atom is -0.330 e. The van der Waals surface area contributed by atoms with Crippen molar-refractivity contribution >= 4 is 15.9 Å². The summed E-state index contributed by atoms with van der Waals surface area (Å²) in [5.41, 5.74) is 6.02. The molecular formula is C11H15BrFN. The highest BCUT2D eigenvalue weighted by Crippen LogP contribution is 2.30. The smallest absolute Gasteiger partial charge is 0.127 e. The van der Waals surface area contributed by atoms with E-state index < -0.39 is 0 Å². The second-order valence-corrected chi connectivity index (χ2v) is 4.96. The van der Waals surface area contributed by atoms with Gasteiger partial charge in [-0.3, -0.25) is 0 Å². The Morgan fingerprint density at radius 3 is 2.64 bits per heavy atom. The largest absolute Gasteiger partial charge is 0.330 e. The van der Waals surface area contributed by atoms with Crippen molar-refractivity contribution in [3.63, 3.8) is 0 Å². The first-order valence-electron chi connectivity index (χ1n) is 4.63. The molecule has 0 bridgehead atoms. The highest BCUT2D eigenvalue weighted by molar-refractivity contribution is 9.10. The van der Waals surface area contributed by atoms with E-state index >= 15 is 0 Å². The van der Waals surface area contributed by atoms with Crippen LogP contribution in [-0.4, -0.2) is 6.54 Å².